The molecule has 1 aliphatic heterocycles. The Hall–Kier alpha value is -2.07. The van der Waals surface area contributed by atoms with Gasteiger partial charge >= 0.3 is 5.97 Å². The number of rotatable bonds is 6. The molecule has 0 aromatic rings. The average molecular weight is 361 g/mol. The van der Waals surface area contributed by atoms with E-state index in [2.05, 4.69) is 23.2 Å². The predicted octanol–water partition coefficient (Wildman–Crippen LogP) is 2.57. The highest BCUT2D eigenvalue weighted by atomic mass is 32.2. The van der Waals surface area contributed by atoms with Gasteiger partial charge in [-0.3, -0.25) is 9.59 Å². The Kier molecular flexibility index (Phi) is 6.82. The van der Waals surface area contributed by atoms with Gasteiger partial charge in [0.1, 0.15) is 10.9 Å². The molecule has 0 bridgehead atoms. The fourth-order valence-electron chi connectivity index (χ4n) is 3.43. The Morgan fingerprint density at radius 1 is 1.48 bits per heavy atom. The minimum absolute atomic E-state index is 0.0542. The molecule has 0 saturated heterocycles. The van der Waals surface area contributed by atoms with E-state index in [1.54, 1.807) is 13.8 Å². The van der Waals surface area contributed by atoms with Gasteiger partial charge in [-0.25, -0.2) is 4.99 Å². The maximum Gasteiger partial charge on any atom is 0.315 e. The molecule has 0 aromatic heterocycles. The van der Waals surface area contributed by atoms with Gasteiger partial charge in [-0.1, -0.05) is 23.9 Å². The summed E-state index contributed by atoms with van der Waals surface area (Å²) in [5.41, 5.74) is 6.32. The fraction of sp³-hybridized carbons (Fsp3) is 0.556. The number of nitrogens with zero attached hydrogens (tertiary/aromatic N) is 2. The number of nitrogens with two attached hydrogens (primary N) is 1. The fourth-order valence-corrected chi connectivity index (χ4v) is 4.26. The zero-order chi connectivity index (χ0) is 18.4. The van der Waals surface area contributed by atoms with Crippen LogP contribution in [0.25, 0.3) is 0 Å². The summed E-state index contributed by atoms with van der Waals surface area (Å²) >= 11 is 1.16. The molecule has 2 rings (SSSR count). The minimum atomic E-state index is -0.552. The zero-order valence-electron chi connectivity index (χ0n) is 14.5. The number of ether oxygens (including phenoxy) is 1. The summed E-state index contributed by atoms with van der Waals surface area (Å²) in [6.07, 6.45) is 6.87. The summed E-state index contributed by atoms with van der Waals surface area (Å²) in [6.45, 7) is 3.84. The van der Waals surface area contributed by atoms with Crippen molar-refractivity contribution in [3.63, 3.8) is 0 Å². The molecule has 1 aliphatic carbocycles. The van der Waals surface area contributed by atoms with E-state index >= 15 is 0 Å². The molecule has 134 valence electrons. The second kappa shape index (κ2) is 8.86. The van der Waals surface area contributed by atoms with Crippen LogP contribution < -0.4 is 5.73 Å². The van der Waals surface area contributed by atoms with Crippen LogP contribution in [0.4, 0.5) is 0 Å². The van der Waals surface area contributed by atoms with Gasteiger partial charge in [0.2, 0.25) is 5.91 Å². The summed E-state index contributed by atoms with van der Waals surface area (Å²) < 4.78 is 5.25. The van der Waals surface area contributed by atoms with Crippen molar-refractivity contribution in [3.8, 4) is 6.07 Å². The van der Waals surface area contributed by atoms with Crippen molar-refractivity contribution in [1.82, 2.24) is 0 Å². The van der Waals surface area contributed by atoms with E-state index in [0.717, 1.165) is 31.0 Å². The summed E-state index contributed by atoms with van der Waals surface area (Å²) in [6, 6.07) is 2.24. The van der Waals surface area contributed by atoms with Gasteiger partial charge in [0.05, 0.1) is 24.0 Å². The van der Waals surface area contributed by atoms with Gasteiger partial charge < -0.3 is 10.5 Å². The van der Waals surface area contributed by atoms with E-state index in [1.165, 1.54) is 0 Å². The number of thioether (sulfide) groups is 1. The molecule has 25 heavy (non-hydrogen) atoms. The Bertz CT molecular complexity index is 676. The summed E-state index contributed by atoms with van der Waals surface area (Å²) in [4.78, 5) is 28.1. The SMILES string of the molecule is CCOC(=O)C1C(C)=NC(SCC(N)=O)=C(C#N)[C@H]1[C@H]1CC=CCC1. The van der Waals surface area contributed by atoms with Crippen LogP contribution in [-0.2, 0) is 14.3 Å². The molecule has 3 atom stereocenters. The molecule has 1 unspecified atom stereocenters. The lowest BCUT2D eigenvalue weighted by Crippen LogP contribution is -2.39. The maximum atomic E-state index is 12.6. The van der Waals surface area contributed by atoms with Gasteiger partial charge in [-0.2, -0.15) is 5.26 Å². The van der Waals surface area contributed by atoms with E-state index in [0.29, 0.717) is 16.3 Å². The number of aliphatic imine (C=N–C) groups is 1. The van der Waals surface area contributed by atoms with Gasteiger partial charge in [0.15, 0.2) is 0 Å². The first-order chi connectivity index (χ1) is 12.0. The van der Waals surface area contributed by atoms with Crippen LogP contribution in [0.15, 0.2) is 27.7 Å². The molecule has 0 aromatic carbocycles. The monoisotopic (exact) mass is 361 g/mol. The minimum Gasteiger partial charge on any atom is -0.465 e. The topological polar surface area (TPSA) is 106 Å². The van der Waals surface area contributed by atoms with Crippen molar-refractivity contribution in [2.24, 2.45) is 28.5 Å². The summed E-state index contributed by atoms with van der Waals surface area (Å²) in [5.74, 6) is -1.41. The van der Waals surface area contributed by atoms with Crippen molar-refractivity contribution in [2.75, 3.05) is 12.4 Å². The number of amides is 1. The Labute approximate surface area is 152 Å². The van der Waals surface area contributed by atoms with Gasteiger partial charge in [0, 0.05) is 11.6 Å². The Morgan fingerprint density at radius 3 is 2.80 bits per heavy atom. The van der Waals surface area contributed by atoms with Crippen LogP contribution in [0, 0.1) is 29.1 Å². The second-order valence-corrected chi connectivity index (χ2v) is 7.10. The third kappa shape index (κ3) is 4.51. The summed E-state index contributed by atoms with van der Waals surface area (Å²) in [5, 5.41) is 10.3. The largest absolute Gasteiger partial charge is 0.465 e. The van der Waals surface area contributed by atoms with Gasteiger partial charge in [-0.05, 0) is 39.0 Å². The number of hydrogen-bond acceptors (Lipinski definition) is 6. The van der Waals surface area contributed by atoms with Crippen molar-refractivity contribution in [3.05, 3.63) is 22.8 Å². The van der Waals surface area contributed by atoms with E-state index in [9.17, 15) is 14.9 Å². The summed E-state index contributed by atoms with van der Waals surface area (Å²) in [7, 11) is 0. The molecule has 1 amide bonds. The normalized spacial score (nSPS) is 26.0. The number of carbonyl (C=O) groups excluding carboxylic acids is 2. The molecule has 0 saturated carbocycles. The molecular weight excluding hydrogens is 338 g/mol. The van der Waals surface area contributed by atoms with E-state index in [4.69, 9.17) is 10.5 Å². The van der Waals surface area contributed by atoms with Crippen molar-refractivity contribution in [1.29, 1.82) is 5.26 Å². The quantitative estimate of drug-likeness (QED) is 0.578. The van der Waals surface area contributed by atoms with E-state index < -0.39 is 11.8 Å². The van der Waals surface area contributed by atoms with Crippen molar-refractivity contribution < 1.29 is 14.3 Å². The number of allylic oxidation sites excluding steroid dienone is 3. The molecule has 2 aliphatic rings. The standard InChI is InChI=1S/C18H23N3O3S/c1-3-24-18(23)15-11(2)21-17(25-10-14(20)22)13(9-19)16(15)12-7-5-4-6-8-12/h4-5,12,15-16H,3,6-8,10H2,1-2H3,(H2,20,22)/t12-,15?,16+/m0/s1. The van der Waals surface area contributed by atoms with Crippen LogP contribution in [0.1, 0.15) is 33.1 Å². The van der Waals surface area contributed by atoms with Crippen LogP contribution in [0.2, 0.25) is 0 Å². The first-order valence-electron chi connectivity index (χ1n) is 8.41. The van der Waals surface area contributed by atoms with Gasteiger partial charge in [-0.15, -0.1) is 0 Å². The highest BCUT2D eigenvalue weighted by molar-refractivity contribution is 8.03. The lowest BCUT2D eigenvalue weighted by Gasteiger charge is -2.36. The number of primary amides is 1. The molecule has 2 N–H and O–H groups in total. The van der Waals surface area contributed by atoms with Crippen molar-refractivity contribution in [2.45, 2.75) is 33.1 Å². The van der Waals surface area contributed by atoms with Gasteiger partial charge in [0.25, 0.3) is 0 Å². The van der Waals surface area contributed by atoms with E-state index in [-0.39, 0.29) is 30.2 Å². The van der Waals surface area contributed by atoms with Crippen LogP contribution >= 0.6 is 11.8 Å². The first kappa shape index (κ1) is 19.3. The Balaban J connectivity index is 2.44. The van der Waals surface area contributed by atoms with Crippen molar-refractivity contribution >= 4 is 29.4 Å². The smallest absolute Gasteiger partial charge is 0.315 e. The number of hydrogen-bond donors (Lipinski definition) is 1. The molecule has 1 heterocycles. The molecular formula is C18H23N3O3S. The van der Waals surface area contributed by atoms with Crippen LogP contribution in [0.5, 0.6) is 0 Å². The van der Waals surface area contributed by atoms with E-state index in [1.807, 2.05) is 0 Å². The lowest BCUT2D eigenvalue weighted by atomic mass is 9.70. The Morgan fingerprint density at radius 2 is 2.24 bits per heavy atom. The lowest BCUT2D eigenvalue weighted by molar-refractivity contribution is -0.147. The molecule has 6 nitrogen and oxygen atoms in total. The highest BCUT2D eigenvalue weighted by Gasteiger charge is 2.43. The third-order valence-electron chi connectivity index (χ3n) is 4.48. The molecule has 0 fully saturated rings. The molecule has 0 spiro atoms. The highest BCUT2D eigenvalue weighted by Crippen LogP contribution is 2.43. The van der Waals surface area contributed by atoms with Crippen LogP contribution in [0.3, 0.4) is 0 Å². The predicted molar refractivity (Wildman–Crippen MR) is 97.5 cm³/mol. The number of nitriles is 1. The second-order valence-electron chi connectivity index (χ2n) is 6.14. The zero-order valence-corrected chi connectivity index (χ0v) is 15.3. The average Bonchev–Trinajstić information content (AvgIpc) is 2.60. The third-order valence-corrected chi connectivity index (χ3v) is 5.49. The number of esters is 1. The molecule has 7 heteroatoms. The first-order valence-corrected chi connectivity index (χ1v) is 9.40. The maximum absolute atomic E-state index is 12.6. The van der Waals surface area contributed by atoms with Crippen LogP contribution in [-0.4, -0.2) is 29.9 Å². The molecule has 0 radical (unpaired) electrons. The number of carbonyl (C=O) groups is 2.